The maximum atomic E-state index is 13.3. The number of likely N-dealkylation sites (tertiary alicyclic amines) is 1. The fourth-order valence-corrected chi connectivity index (χ4v) is 6.53. The molecule has 1 N–H and O–H groups in total. The van der Waals surface area contributed by atoms with Gasteiger partial charge in [-0.05, 0) is 68.6 Å². The van der Waals surface area contributed by atoms with Gasteiger partial charge >= 0.3 is 0 Å². The first kappa shape index (κ1) is 33.3. The second-order valence-corrected chi connectivity index (χ2v) is 12.6. The average Bonchev–Trinajstić information content (AvgIpc) is 2.96. The molecule has 2 aliphatic heterocycles. The van der Waals surface area contributed by atoms with Crippen LogP contribution in [0.1, 0.15) is 48.0 Å². The molecule has 0 spiro atoms. The minimum atomic E-state index is -0.495. The van der Waals surface area contributed by atoms with Crippen LogP contribution in [0.25, 0.3) is 0 Å². The summed E-state index contributed by atoms with van der Waals surface area (Å²) in [6.45, 7) is 4.30. The number of rotatable bonds is 10. The van der Waals surface area contributed by atoms with Crippen LogP contribution in [0.3, 0.4) is 0 Å². The van der Waals surface area contributed by atoms with Gasteiger partial charge in [-0.25, -0.2) is 0 Å². The van der Waals surface area contributed by atoms with Crippen LogP contribution in [0, 0.1) is 0 Å². The van der Waals surface area contributed by atoms with E-state index in [1.165, 1.54) is 7.11 Å². The lowest BCUT2D eigenvalue weighted by Crippen LogP contribution is -2.61. The highest BCUT2D eigenvalue weighted by Gasteiger charge is 2.36. The van der Waals surface area contributed by atoms with Gasteiger partial charge in [0.15, 0.2) is 0 Å². The summed E-state index contributed by atoms with van der Waals surface area (Å²) in [5.41, 5.74) is 1.90. The molecule has 2 aromatic carbocycles. The molecule has 2 aromatic rings. The second-order valence-electron chi connectivity index (χ2n) is 10.9. The van der Waals surface area contributed by atoms with Crippen molar-refractivity contribution >= 4 is 69.8 Å². The highest BCUT2D eigenvalue weighted by molar-refractivity contribution is 6.42. The summed E-state index contributed by atoms with van der Waals surface area (Å²) in [6, 6.07) is 9.73. The standard InChI is InChI=1S/C30H35Cl4N5O4/c1-18-29(41)39(17-28(40)35-18)23-6-9-38(10-7-23)11-8-24(19-4-5-25(33)26(34)14-19)27(36-43-3)16-37(2)30(42)20-12-21(31)15-22(32)13-20/h4-5,12-15,18,23-24H,6-11,16-17H2,1-3H3,(H,35,40)/b36-27-/t18-,24?/m1/s1. The zero-order valence-electron chi connectivity index (χ0n) is 24.3. The molecular formula is C30H35Cl4N5O4. The molecule has 232 valence electrons. The van der Waals surface area contributed by atoms with Gasteiger partial charge in [-0.2, -0.15) is 0 Å². The van der Waals surface area contributed by atoms with E-state index in [9.17, 15) is 14.4 Å². The van der Waals surface area contributed by atoms with Crippen molar-refractivity contribution < 1.29 is 19.2 Å². The maximum absolute atomic E-state index is 13.3. The first-order valence-electron chi connectivity index (χ1n) is 14.1. The highest BCUT2D eigenvalue weighted by atomic mass is 35.5. The predicted molar refractivity (Wildman–Crippen MR) is 170 cm³/mol. The van der Waals surface area contributed by atoms with Crippen molar-refractivity contribution in [3.63, 3.8) is 0 Å². The zero-order chi connectivity index (χ0) is 31.3. The minimum absolute atomic E-state index is 0.0307. The molecule has 2 heterocycles. The third-order valence-corrected chi connectivity index (χ3v) is 9.06. The molecule has 2 atom stereocenters. The van der Waals surface area contributed by atoms with Gasteiger partial charge in [0.05, 0.1) is 28.8 Å². The van der Waals surface area contributed by atoms with E-state index >= 15 is 0 Å². The average molecular weight is 671 g/mol. The van der Waals surface area contributed by atoms with Crippen molar-refractivity contribution in [3.05, 3.63) is 67.6 Å². The van der Waals surface area contributed by atoms with Gasteiger partial charge in [-0.3, -0.25) is 14.4 Å². The molecule has 4 rings (SSSR count). The molecule has 2 aliphatic rings. The van der Waals surface area contributed by atoms with Crippen molar-refractivity contribution in [3.8, 4) is 0 Å². The molecule has 2 fully saturated rings. The first-order valence-corrected chi connectivity index (χ1v) is 15.6. The first-order chi connectivity index (χ1) is 20.5. The summed E-state index contributed by atoms with van der Waals surface area (Å²) in [5.74, 6) is -0.653. The number of oxime groups is 1. The largest absolute Gasteiger partial charge is 0.399 e. The quantitative estimate of drug-likeness (QED) is 0.271. The number of nitrogens with one attached hydrogen (secondary N) is 1. The van der Waals surface area contributed by atoms with Crippen molar-refractivity contribution in [2.45, 2.75) is 44.2 Å². The van der Waals surface area contributed by atoms with E-state index in [1.54, 1.807) is 48.0 Å². The Bertz CT molecular complexity index is 1360. The van der Waals surface area contributed by atoms with Gasteiger partial charge in [0.1, 0.15) is 13.2 Å². The number of carbonyl (C=O) groups is 3. The van der Waals surface area contributed by atoms with E-state index in [2.05, 4.69) is 15.4 Å². The van der Waals surface area contributed by atoms with E-state index in [4.69, 9.17) is 51.2 Å². The number of benzene rings is 2. The molecule has 9 nitrogen and oxygen atoms in total. The molecule has 13 heteroatoms. The fraction of sp³-hybridized carbons (Fsp3) is 0.467. The van der Waals surface area contributed by atoms with E-state index in [-0.39, 0.29) is 42.8 Å². The van der Waals surface area contributed by atoms with Crippen LogP contribution in [0.15, 0.2) is 41.6 Å². The Balaban J connectivity index is 1.48. The second kappa shape index (κ2) is 14.9. The lowest BCUT2D eigenvalue weighted by atomic mass is 9.89. The monoisotopic (exact) mass is 669 g/mol. The molecule has 0 saturated carbocycles. The number of amides is 3. The summed E-state index contributed by atoms with van der Waals surface area (Å²) in [4.78, 5) is 48.9. The van der Waals surface area contributed by atoms with Crippen LogP contribution in [0.4, 0.5) is 0 Å². The van der Waals surface area contributed by atoms with E-state index in [0.717, 1.165) is 38.0 Å². The van der Waals surface area contributed by atoms with E-state index < -0.39 is 6.04 Å². The Hall–Kier alpha value is -2.56. The molecule has 0 aliphatic carbocycles. The summed E-state index contributed by atoms with van der Waals surface area (Å²) < 4.78 is 0. The summed E-state index contributed by atoms with van der Waals surface area (Å²) in [5, 5.41) is 8.66. The molecule has 0 bridgehead atoms. The molecule has 1 unspecified atom stereocenters. The van der Waals surface area contributed by atoms with Crippen LogP contribution >= 0.6 is 46.4 Å². The van der Waals surface area contributed by atoms with Crippen molar-refractivity contribution in [1.29, 1.82) is 0 Å². The predicted octanol–water partition coefficient (Wildman–Crippen LogP) is 5.36. The third kappa shape index (κ3) is 8.54. The minimum Gasteiger partial charge on any atom is -0.399 e. The SMILES string of the molecule is CO/N=C(/CN(C)C(=O)c1cc(Cl)cc(Cl)c1)C(CCN1CCC(N2CC(=O)N[C@H](C)C2=O)CC1)c1ccc(Cl)c(Cl)c1. The molecule has 43 heavy (non-hydrogen) atoms. The fourth-order valence-electron chi connectivity index (χ4n) is 5.69. The van der Waals surface area contributed by atoms with E-state index in [1.807, 2.05) is 12.1 Å². The summed E-state index contributed by atoms with van der Waals surface area (Å²) in [7, 11) is 3.15. The Morgan fingerprint density at radius 2 is 1.74 bits per heavy atom. The lowest BCUT2D eigenvalue weighted by Gasteiger charge is -2.41. The van der Waals surface area contributed by atoms with Crippen molar-refractivity contribution in [2.24, 2.45) is 5.16 Å². The number of piperazine rings is 1. The number of carbonyl (C=O) groups excluding carboxylic acids is 3. The van der Waals surface area contributed by atoms with Crippen LogP contribution in [0.2, 0.25) is 20.1 Å². The lowest BCUT2D eigenvalue weighted by molar-refractivity contribution is -0.147. The van der Waals surface area contributed by atoms with Gasteiger partial charge in [-0.15, -0.1) is 0 Å². The number of halogens is 4. The number of hydrogen-bond donors (Lipinski definition) is 1. The molecule has 2 saturated heterocycles. The van der Waals surface area contributed by atoms with Gasteiger partial charge in [0, 0.05) is 47.7 Å². The Morgan fingerprint density at radius 3 is 2.37 bits per heavy atom. The van der Waals surface area contributed by atoms with Gasteiger partial charge < -0.3 is 24.9 Å². The Labute approximate surface area is 272 Å². The summed E-state index contributed by atoms with van der Waals surface area (Å²) in [6.07, 6.45) is 2.22. The van der Waals surface area contributed by atoms with E-state index in [0.29, 0.717) is 37.8 Å². The van der Waals surface area contributed by atoms with Gasteiger partial charge in [0.25, 0.3) is 5.91 Å². The van der Waals surface area contributed by atoms with Gasteiger partial charge in [0.2, 0.25) is 11.8 Å². The zero-order valence-corrected chi connectivity index (χ0v) is 27.3. The van der Waals surface area contributed by atoms with Crippen LogP contribution in [-0.2, 0) is 14.4 Å². The molecule has 0 aromatic heterocycles. The number of nitrogens with zero attached hydrogens (tertiary/aromatic N) is 4. The normalized spacial score (nSPS) is 19.3. The Kier molecular flexibility index (Phi) is 11.6. The van der Waals surface area contributed by atoms with Crippen molar-refractivity contribution in [2.75, 3.05) is 46.9 Å². The summed E-state index contributed by atoms with van der Waals surface area (Å²) >= 11 is 24.9. The van der Waals surface area contributed by atoms with Crippen molar-refractivity contribution in [1.82, 2.24) is 20.0 Å². The smallest absolute Gasteiger partial charge is 0.254 e. The van der Waals surface area contributed by atoms with Gasteiger partial charge in [-0.1, -0.05) is 57.6 Å². The topological polar surface area (TPSA) is 94.6 Å². The third-order valence-electron chi connectivity index (χ3n) is 7.89. The van der Waals surface area contributed by atoms with Crippen LogP contribution < -0.4 is 5.32 Å². The molecule has 3 amide bonds. The Morgan fingerprint density at radius 1 is 1.07 bits per heavy atom. The highest BCUT2D eigenvalue weighted by Crippen LogP contribution is 2.31. The number of hydrogen-bond acceptors (Lipinski definition) is 6. The molecule has 0 radical (unpaired) electrons. The molecular weight excluding hydrogens is 636 g/mol. The maximum Gasteiger partial charge on any atom is 0.254 e. The van der Waals surface area contributed by atoms with Crippen LogP contribution in [-0.4, -0.2) is 97.1 Å². The number of piperidine rings is 1. The van der Waals surface area contributed by atoms with Crippen LogP contribution in [0.5, 0.6) is 0 Å².